The summed E-state index contributed by atoms with van der Waals surface area (Å²) in [5.74, 6) is -0.671. The van der Waals surface area contributed by atoms with Crippen LogP contribution in [0.2, 0.25) is 0 Å². The molecule has 0 heterocycles. The molecule has 0 fully saturated rings. The molecule has 3 rings (SSSR count). The Morgan fingerprint density at radius 3 is 1.61 bits per heavy atom. The second-order valence-electron chi connectivity index (χ2n) is 8.55. The predicted octanol–water partition coefficient (Wildman–Crippen LogP) is 5.35. The summed E-state index contributed by atoms with van der Waals surface area (Å²) in [6.07, 6.45) is 4.85. The largest absolute Gasteiger partial charge is 0.368 e. The highest BCUT2D eigenvalue weighted by molar-refractivity contribution is 5.87. The Labute approximate surface area is 197 Å². The van der Waals surface area contributed by atoms with Crippen molar-refractivity contribution in [3.63, 3.8) is 0 Å². The normalized spacial score (nSPS) is 12.2. The predicted molar refractivity (Wildman–Crippen MR) is 134 cm³/mol. The Bertz CT molecular complexity index is 907. The number of carbonyl (C=O) groups is 2. The van der Waals surface area contributed by atoms with E-state index in [0.717, 1.165) is 42.4 Å². The number of benzene rings is 3. The van der Waals surface area contributed by atoms with E-state index in [-0.39, 0.29) is 12.3 Å². The summed E-state index contributed by atoms with van der Waals surface area (Å²) in [5, 5.41) is 2.94. The molecule has 33 heavy (non-hydrogen) atoms. The number of primary amides is 1. The third-order valence-electron chi connectivity index (χ3n) is 6.25. The van der Waals surface area contributed by atoms with Crippen molar-refractivity contribution in [2.24, 2.45) is 5.73 Å². The molecule has 0 saturated carbocycles. The van der Waals surface area contributed by atoms with Crippen molar-refractivity contribution < 1.29 is 9.59 Å². The van der Waals surface area contributed by atoms with Crippen LogP contribution in [0.1, 0.15) is 62.1 Å². The van der Waals surface area contributed by atoms with Crippen LogP contribution in [0.3, 0.4) is 0 Å². The van der Waals surface area contributed by atoms with E-state index in [1.165, 1.54) is 0 Å². The zero-order valence-corrected chi connectivity index (χ0v) is 19.4. The van der Waals surface area contributed by atoms with Gasteiger partial charge in [-0.3, -0.25) is 9.59 Å². The minimum Gasteiger partial charge on any atom is -0.368 e. The second-order valence-corrected chi connectivity index (χ2v) is 8.55. The molecule has 3 aromatic rings. The van der Waals surface area contributed by atoms with Crippen molar-refractivity contribution in [3.05, 3.63) is 108 Å². The minimum atomic E-state index is -0.696. The van der Waals surface area contributed by atoms with E-state index in [1.54, 1.807) is 0 Å². The molecule has 3 aromatic carbocycles. The summed E-state index contributed by atoms with van der Waals surface area (Å²) >= 11 is 0. The van der Waals surface area contributed by atoms with Gasteiger partial charge in [-0.25, -0.2) is 0 Å². The molecule has 4 nitrogen and oxygen atoms in total. The third kappa shape index (κ3) is 6.10. The topological polar surface area (TPSA) is 72.2 Å². The number of hydrogen-bond acceptors (Lipinski definition) is 2. The number of carbonyl (C=O) groups excluding carboxylic acids is 2. The average Bonchev–Trinajstić information content (AvgIpc) is 2.86. The van der Waals surface area contributed by atoms with Crippen LogP contribution < -0.4 is 11.1 Å². The highest BCUT2D eigenvalue weighted by Crippen LogP contribution is 2.42. The molecule has 3 N–H and O–H groups in total. The van der Waals surface area contributed by atoms with E-state index in [2.05, 4.69) is 48.6 Å². The summed E-state index contributed by atoms with van der Waals surface area (Å²) in [4.78, 5) is 25.5. The average molecular weight is 443 g/mol. The third-order valence-corrected chi connectivity index (χ3v) is 6.25. The van der Waals surface area contributed by atoms with Gasteiger partial charge in [0.15, 0.2) is 0 Å². The molecule has 172 valence electrons. The van der Waals surface area contributed by atoms with Gasteiger partial charge in [0.2, 0.25) is 11.8 Å². The Kier molecular flexibility index (Phi) is 8.82. The van der Waals surface area contributed by atoms with Crippen molar-refractivity contribution in [1.29, 1.82) is 0 Å². The monoisotopic (exact) mass is 442 g/mol. The van der Waals surface area contributed by atoms with Crippen LogP contribution in [0.25, 0.3) is 0 Å². The fraction of sp³-hybridized carbons (Fsp3) is 0.310. The van der Waals surface area contributed by atoms with Crippen LogP contribution >= 0.6 is 0 Å². The lowest BCUT2D eigenvalue weighted by Gasteiger charge is -2.36. The van der Waals surface area contributed by atoms with Gasteiger partial charge in [0.1, 0.15) is 6.04 Å². The molecule has 4 heteroatoms. The summed E-state index contributed by atoms with van der Waals surface area (Å²) in [7, 11) is 0. The summed E-state index contributed by atoms with van der Waals surface area (Å²) in [6, 6.07) is 29.6. The zero-order valence-electron chi connectivity index (χ0n) is 19.4. The van der Waals surface area contributed by atoms with Crippen molar-refractivity contribution in [1.82, 2.24) is 5.32 Å². The van der Waals surface area contributed by atoms with Crippen LogP contribution in [0.15, 0.2) is 91.0 Å². The highest BCUT2D eigenvalue weighted by atomic mass is 16.2. The molecular formula is C29H34N2O2. The fourth-order valence-corrected chi connectivity index (χ4v) is 4.52. The first-order valence-electron chi connectivity index (χ1n) is 11.8. The molecule has 0 aliphatic heterocycles. The molecule has 0 unspecified atom stereocenters. The summed E-state index contributed by atoms with van der Waals surface area (Å²) in [6.45, 7) is 2.14. The van der Waals surface area contributed by atoms with E-state index < -0.39 is 17.4 Å². The van der Waals surface area contributed by atoms with Crippen LogP contribution in [-0.4, -0.2) is 17.9 Å². The Hall–Kier alpha value is -3.40. The maximum atomic E-state index is 13.5. The van der Waals surface area contributed by atoms with E-state index >= 15 is 0 Å². The van der Waals surface area contributed by atoms with Crippen molar-refractivity contribution in [2.75, 3.05) is 0 Å². The van der Waals surface area contributed by atoms with Gasteiger partial charge in [-0.05, 0) is 23.1 Å². The maximum Gasteiger partial charge on any atom is 0.239 e. The first-order chi connectivity index (χ1) is 16.1. The second kappa shape index (κ2) is 12.0. The molecule has 0 saturated heterocycles. The van der Waals surface area contributed by atoms with Gasteiger partial charge < -0.3 is 11.1 Å². The lowest BCUT2D eigenvalue weighted by molar-refractivity contribution is -0.128. The van der Waals surface area contributed by atoms with E-state index in [9.17, 15) is 9.59 Å². The Balaban J connectivity index is 1.98. The van der Waals surface area contributed by atoms with Gasteiger partial charge in [0, 0.05) is 6.42 Å². The van der Waals surface area contributed by atoms with Crippen LogP contribution in [0.4, 0.5) is 0 Å². The van der Waals surface area contributed by atoms with Crippen molar-refractivity contribution in [3.8, 4) is 0 Å². The number of amides is 2. The number of unbranched alkanes of at least 4 members (excludes halogenated alkanes) is 3. The molecule has 2 amide bonds. The lowest BCUT2D eigenvalue weighted by Crippen LogP contribution is -2.46. The number of rotatable bonds is 12. The van der Waals surface area contributed by atoms with Gasteiger partial charge in [-0.1, -0.05) is 124 Å². The molecule has 0 radical (unpaired) electrons. The molecule has 0 bridgehead atoms. The number of nitrogens with one attached hydrogen (secondary N) is 1. The standard InChI is InChI=1S/C29H34N2O2/c1-2-3-4-14-21-26(28(30)33)31-27(32)22-29(23-15-8-5-9-16-23,24-17-10-6-11-18-24)25-19-12-7-13-20-25/h5-13,15-20,26H,2-4,14,21-22H2,1H3,(H2,30,33)(H,31,32)/t26-/m0/s1. The molecule has 0 spiro atoms. The SMILES string of the molecule is CCCCCC[C@H](NC(=O)CC(c1ccccc1)(c1ccccc1)c1ccccc1)C(N)=O. The molecule has 0 aliphatic carbocycles. The fourth-order valence-electron chi connectivity index (χ4n) is 4.52. The smallest absolute Gasteiger partial charge is 0.239 e. The first kappa shape index (κ1) is 24.2. The van der Waals surface area contributed by atoms with Crippen molar-refractivity contribution >= 4 is 11.8 Å². The number of hydrogen-bond donors (Lipinski definition) is 2. The van der Waals surface area contributed by atoms with E-state index in [1.807, 2.05) is 54.6 Å². The van der Waals surface area contributed by atoms with Gasteiger partial charge in [-0.2, -0.15) is 0 Å². The van der Waals surface area contributed by atoms with Crippen molar-refractivity contribution in [2.45, 2.75) is 56.9 Å². The van der Waals surface area contributed by atoms with Gasteiger partial charge in [-0.15, -0.1) is 0 Å². The Morgan fingerprint density at radius 1 is 0.758 bits per heavy atom. The zero-order chi connectivity index (χ0) is 23.5. The lowest BCUT2D eigenvalue weighted by atomic mass is 9.67. The van der Waals surface area contributed by atoms with Crippen LogP contribution in [0, 0.1) is 0 Å². The molecule has 1 atom stereocenters. The molecule has 0 aromatic heterocycles. The maximum absolute atomic E-state index is 13.5. The van der Waals surface area contributed by atoms with E-state index in [0.29, 0.717) is 6.42 Å². The van der Waals surface area contributed by atoms with E-state index in [4.69, 9.17) is 5.73 Å². The van der Waals surface area contributed by atoms with Crippen LogP contribution in [-0.2, 0) is 15.0 Å². The molecule has 0 aliphatic rings. The number of nitrogens with two attached hydrogens (primary N) is 1. The van der Waals surface area contributed by atoms with Gasteiger partial charge in [0.05, 0.1) is 5.41 Å². The Morgan fingerprint density at radius 2 is 1.21 bits per heavy atom. The van der Waals surface area contributed by atoms with Gasteiger partial charge in [0.25, 0.3) is 0 Å². The van der Waals surface area contributed by atoms with Gasteiger partial charge >= 0.3 is 0 Å². The minimum absolute atomic E-state index is 0.170. The van der Waals surface area contributed by atoms with Crippen LogP contribution in [0.5, 0.6) is 0 Å². The quantitative estimate of drug-likeness (QED) is 0.293. The first-order valence-corrected chi connectivity index (χ1v) is 11.8. The summed E-state index contributed by atoms with van der Waals surface area (Å²) in [5.41, 5.74) is 8.02. The molecular weight excluding hydrogens is 408 g/mol. The highest BCUT2D eigenvalue weighted by Gasteiger charge is 2.39. The summed E-state index contributed by atoms with van der Waals surface area (Å²) < 4.78 is 0.